The summed E-state index contributed by atoms with van der Waals surface area (Å²) in [4.78, 5) is 0. The smallest absolute Gasteiger partial charge is 0.119 e. The average Bonchev–Trinajstić information content (AvgIpc) is 3.68. The first-order chi connectivity index (χ1) is 16.6. The molecule has 0 saturated carbocycles. The zero-order valence-corrected chi connectivity index (χ0v) is 20.9. The first kappa shape index (κ1) is 26.5. The molecule has 6 nitrogen and oxygen atoms in total. The third-order valence-corrected chi connectivity index (χ3v) is 5.94. The molecule has 3 rings (SSSR count). The van der Waals surface area contributed by atoms with Gasteiger partial charge < -0.3 is 28.4 Å². The van der Waals surface area contributed by atoms with Crippen molar-refractivity contribution < 1.29 is 28.4 Å². The van der Waals surface area contributed by atoms with Gasteiger partial charge >= 0.3 is 0 Å². The summed E-state index contributed by atoms with van der Waals surface area (Å²) in [6.45, 7) is 10.1. The fourth-order valence-electron chi connectivity index (χ4n) is 3.57. The van der Waals surface area contributed by atoms with Crippen LogP contribution in [0.25, 0.3) is 0 Å². The highest BCUT2D eigenvalue weighted by Gasteiger charge is 2.23. The van der Waals surface area contributed by atoms with Crippen LogP contribution in [-0.2, 0) is 24.4 Å². The monoisotopic (exact) mass is 472 g/mol. The van der Waals surface area contributed by atoms with Gasteiger partial charge in [-0.05, 0) is 48.2 Å². The molecule has 0 aromatic heterocycles. The third-order valence-electron chi connectivity index (χ3n) is 5.94. The van der Waals surface area contributed by atoms with Crippen LogP contribution in [0.4, 0.5) is 0 Å². The Balaban J connectivity index is 1.37. The standard InChI is InChI=1S/C28H40O6/c1-28(2,23-7-11-25(12-8-23)32-17-5-4-15-30-20-19-29-3)24-9-13-26(14-10-24)33-18-6-16-31-21-27-22-34-27/h7-14,27H,4-6,15-22H2,1-3H3. The second-order valence-corrected chi connectivity index (χ2v) is 9.07. The minimum absolute atomic E-state index is 0.116. The van der Waals surface area contributed by atoms with Crippen molar-refractivity contribution in [3.8, 4) is 11.5 Å². The van der Waals surface area contributed by atoms with Gasteiger partial charge in [-0.3, -0.25) is 0 Å². The minimum atomic E-state index is -0.116. The molecule has 1 heterocycles. The van der Waals surface area contributed by atoms with Gasteiger partial charge in [0, 0.05) is 32.2 Å². The van der Waals surface area contributed by atoms with Crippen molar-refractivity contribution in [1.29, 1.82) is 0 Å². The molecule has 0 spiro atoms. The first-order valence-electron chi connectivity index (χ1n) is 12.3. The molecule has 1 aliphatic rings. The molecular weight excluding hydrogens is 432 g/mol. The van der Waals surface area contributed by atoms with Crippen molar-refractivity contribution >= 4 is 0 Å². The Bertz CT molecular complexity index is 799. The van der Waals surface area contributed by atoms with Gasteiger partial charge in [-0.25, -0.2) is 0 Å². The zero-order valence-electron chi connectivity index (χ0n) is 20.9. The highest BCUT2D eigenvalue weighted by atomic mass is 16.6. The molecule has 6 heteroatoms. The number of ether oxygens (including phenoxy) is 6. The van der Waals surface area contributed by atoms with E-state index < -0.39 is 0 Å². The molecule has 1 fully saturated rings. The average molecular weight is 473 g/mol. The Hall–Kier alpha value is -2.12. The Morgan fingerprint density at radius 3 is 1.79 bits per heavy atom. The van der Waals surface area contributed by atoms with Gasteiger partial charge in [-0.1, -0.05) is 38.1 Å². The first-order valence-corrected chi connectivity index (χ1v) is 12.3. The summed E-state index contributed by atoms with van der Waals surface area (Å²) in [7, 11) is 1.68. The largest absolute Gasteiger partial charge is 0.494 e. The topological polar surface area (TPSA) is 58.7 Å². The van der Waals surface area contributed by atoms with E-state index in [-0.39, 0.29) is 5.41 Å². The van der Waals surface area contributed by atoms with Gasteiger partial charge in [0.05, 0.1) is 39.6 Å². The van der Waals surface area contributed by atoms with Crippen molar-refractivity contribution in [3.63, 3.8) is 0 Å². The summed E-state index contributed by atoms with van der Waals surface area (Å²) < 4.78 is 32.9. The molecule has 0 radical (unpaired) electrons. The molecule has 2 aromatic carbocycles. The molecule has 1 atom stereocenters. The van der Waals surface area contributed by atoms with Crippen molar-refractivity contribution in [2.24, 2.45) is 0 Å². The van der Waals surface area contributed by atoms with Crippen molar-refractivity contribution in [1.82, 2.24) is 0 Å². The number of epoxide rings is 1. The lowest BCUT2D eigenvalue weighted by Gasteiger charge is -2.26. The highest BCUT2D eigenvalue weighted by Crippen LogP contribution is 2.33. The Labute approximate surface area is 204 Å². The van der Waals surface area contributed by atoms with E-state index >= 15 is 0 Å². The van der Waals surface area contributed by atoms with Crippen molar-refractivity contribution in [2.75, 3.05) is 60.0 Å². The van der Waals surface area contributed by atoms with E-state index in [0.29, 0.717) is 45.7 Å². The second-order valence-electron chi connectivity index (χ2n) is 9.07. The van der Waals surface area contributed by atoms with Gasteiger partial charge in [0.1, 0.15) is 17.6 Å². The molecule has 1 unspecified atom stereocenters. The molecule has 0 amide bonds. The van der Waals surface area contributed by atoms with Crippen LogP contribution in [0.1, 0.15) is 44.2 Å². The maximum Gasteiger partial charge on any atom is 0.119 e. The lowest BCUT2D eigenvalue weighted by molar-refractivity contribution is 0.0674. The molecule has 2 aromatic rings. The van der Waals surface area contributed by atoms with Gasteiger partial charge in [0.25, 0.3) is 0 Å². The molecule has 34 heavy (non-hydrogen) atoms. The van der Waals surface area contributed by atoms with Crippen LogP contribution in [0.15, 0.2) is 48.5 Å². The molecule has 0 N–H and O–H groups in total. The Kier molecular flexibility index (Phi) is 11.2. The van der Waals surface area contributed by atoms with E-state index in [0.717, 1.165) is 44.0 Å². The van der Waals surface area contributed by atoms with Gasteiger partial charge in [-0.15, -0.1) is 0 Å². The predicted octanol–water partition coefficient (Wildman–Crippen LogP) is 5.02. The normalized spacial score (nSPS) is 15.3. The van der Waals surface area contributed by atoms with Gasteiger partial charge in [0.15, 0.2) is 0 Å². The van der Waals surface area contributed by atoms with E-state index in [2.05, 4.69) is 50.2 Å². The molecule has 1 aliphatic heterocycles. The summed E-state index contributed by atoms with van der Waals surface area (Å²) in [5.74, 6) is 1.79. The summed E-state index contributed by atoms with van der Waals surface area (Å²) in [6, 6.07) is 16.8. The molecular formula is C28H40O6. The minimum Gasteiger partial charge on any atom is -0.494 e. The fraction of sp³-hybridized carbons (Fsp3) is 0.571. The van der Waals surface area contributed by atoms with Crippen LogP contribution in [0.2, 0.25) is 0 Å². The third kappa shape index (κ3) is 9.26. The van der Waals surface area contributed by atoms with E-state index in [1.165, 1.54) is 11.1 Å². The lowest BCUT2D eigenvalue weighted by atomic mass is 9.78. The van der Waals surface area contributed by atoms with E-state index in [9.17, 15) is 0 Å². The lowest BCUT2D eigenvalue weighted by Crippen LogP contribution is -2.18. The quantitative estimate of drug-likeness (QED) is 0.224. The van der Waals surface area contributed by atoms with Crippen LogP contribution < -0.4 is 9.47 Å². The van der Waals surface area contributed by atoms with Crippen LogP contribution in [0.3, 0.4) is 0 Å². The summed E-state index contributed by atoms with van der Waals surface area (Å²) in [5, 5.41) is 0. The van der Waals surface area contributed by atoms with Gasteiger partial charge in [-0.2, -0.15) is 0 Å². The Morgan fingerprint density at radius 1 is 0.706 bits per heavy atom. The molecule has 0 bridgehead atoms. The molecule has 188 valence electrons. The maximum atomic E-state index is 5.89. The zero-order chi connectivity index (χ0) is 24.1. The molecule has 0 aliphatic carbocycles. The number of hydrogen-bond donors (Lipinski definition) is 0. The maximum absolute atomic E-state index is 5.89. The number of hydrogen-bond acceptors (Lipinski definition) is 6. The highest BCUT2D eigenvalue weighted by molar-refractivity contribution is 5.41. The van der Waals surface area contributed by atoms with Crippen LogP contribution in [-0.4, -0.2) is 66.1 Å². The van der Waals surface area contributed by atoms with Crippen LogP contribution in [0.5, 0.6) is 11.5 Å². The van der Waals surface area contributed by atoms with Crippen LogP contribution >= 0.6 is 0 Å². The van der Waals surface area contributed by atoms with Gasteiger partial charge in [0.2, 0.25) is 0 Å². The number of methoxy groups -OCH3 is 1. The summed E-state index contributed by atoms with van der Waals surface area (Å²) in [6.07, 6.45) is 3.15. The molecule has 1 saturated heterocycles. The van der Waals surface area contributed by atoms with E-state index in [4.69, 9.17) is 28.4 Å². The van der Waals surface area contributed by atoms with E-state index in [1.807, 2.05) is 12.1 Å². The van der Waals surface area contributed by atoms with Crippen molar-refractivity contribution in [2.45, 2.75) is 44.6 Å². The fourth-order valence-corrected chi connectivity index (χ4v) is 3.57. The van der Waals surface area contributed by atoms with E-state index in [1.54, 1.807) is 7.11 Å². The van der Waals surface area contributed by atoms with Crippen molar-refractivity contribution in [3.05, 3.63) is 59.7 Å². The predicted molar refractivity (Wildman–Crippen MR) is 133 cm³/mol. The number of unbranched alkanes of at least 4 members (excludes halogenated alkanes) is 1. The summed E-state index contributed by atoms with van der Waals surface area (Å²) in [5.41, 5.74) is 2.38. The van der Waals surface area contributed by atoms with Crippen LogP contribution in [0, 0.1) is 0 Å². The SMILES string of the molecule is COCCOCCCCOc1ccc(C(C)(C)c2ccc(OCCCOCC3CO3)cc2)cc1. The second kappa shape index (κ2) is 14.3. The Morgan fingerprint density at radius 2 is 1.24 bits per heavy atom. The number of benzene rings is 2. The summed E-state index contributed by atoms with van der Waals surface area (Å²) >= 11 is 0. The number of rotatable bonds is 18.